The number of halogens is 5. The molecule has 0 saturated carbocycles. The zero-order valence-corrected chi connectivity index (χ0v) is 20.5. The summed E-state index contributed by atoms with van der Waals surface area (Å²) < 4.78 is 75.8. The molecule has 0 atom stereocenters. The maximum atomic E-state index is 14.0. The first-order valence-corrected chi connectivity index (χ1v) is 11.5. The highest BCUT2D eigenvalue weighted by atomic mass is 19.2. The molecule has 200 valence electrons. The lowest BCUT2D eigenvalue weighted by Crippen LogP contribution is -2.19. The molecule has 3 aromatic heterocycles. The van der Waals surface area contributed by atoms with Gasteiger partial charge in [-0.2, -0.15) is 10.2 Å². The van der Waals surface area contributed by atoms with Crippen molar-refractivity contribution in [2.45, 2.75) is 20.0 Å². The van der Waals surface area contributed by atoms with Crippen molar-refractivity contribution in [3.8, 4) is 16.9 Å². The van der Waals surface area contributed by atoms with Crippen LogP contribution in [0.15, 0.2) is 48.9 Å². The lowest BCUT2D eigenvalue weighted by Gasteiger charge is -2.08. The number of pyridine rings is 1. The number of ether oxygens (including phenoxy) is 1. The number of methoxy groups -OCH3 is 1. The summed E-state index contributed by atoms with van der Waals surface area (Å²) in [6.07, 6.45) is 3.99. The van der Waals surface area contributed by atoms with E-state index in [-0.39, 0.29) is 12.2 Å². The predicted octanol–water partition coefficient (Wildman–Crippen LogP) is 4.99. The SMILES string of the molecule is COc1ccc(-c2ccnc3c2c(C)nn3CC(=O)Nc2cnn(Cc3c(F)c(F)c(F)c(F)c3F)c2)cc1. The Morgan fingerprint density at radius 3 is 2.31 bits per heavy atom. The van der Waals surface area contributed by atoms with E-state index in [1.165, 1.54) is 17.1 Å². The molecule has 5 aromatic rings. The molecule has 0 saturated heterocycles. The van der Waals surface area contributed by atoms with Crippen LogP contribution < -0.4 is 10.1 Å². The highest BCUT2D eigenvalue weighted by Crippen LogP contribution is 2.31. The third-order valence-electron chi connectivity index (χ3n) is 6.04. The topological polar surface area (TPSA) is 86.9 Å². The Balaban J connectivity index is 1.34. The average molecular weight is 542 g/mol. The van der Waals surface area contributed by atoms with Gasteiger partial charge in [0.05, 0.1) is 36.8 Å². The molecule has 3 heterocycles. The molecule has 0 aliphatic heterocycles. The normalized spacial score (nSPS) is 11.3. The lowest BCUT2D eigenvalue weighted by molar-refractivity contribution is -0.116. The van der Waals surface area contributed by atoms with Crippen molar-refractivity contribution >= 4 is 22.6 Å². The maximum Gasteiger partial charge on any atom is 0.246 e. The summed E-state index contributed by atoms with van der Waals surface area (Å²) in [6, 6.07) is 9.33. The zero-order chi connectivity index (χ0) is 27.8. The molecule has 0 aliphatic carbocycles. The first kappa shape index (κ1) is 25.8. The quantitative estimate of drug-likeness (QED) is 0.178. The van der Waals surface area contributed by atoms with Crippen molar-refractivity contribution in [3.05, 3.63) is 89.3 Å². The van der Waals surface area contributed by atoms with E-state index in [1.54, 1.807) is 20.2 Å². The number of anilines is 1. The fraction of sp³-hybridized carbons (Fsp3) is 0.154. The predicted molar refractivity (Wildman–Crippen MR) is 130 cm³/mol. The number of hydrogen-bond donors (Lipinski definition) is 1. The van der Waals surface area contributed by atoms with Crippen molar-refractivity contribution in [1.82, 2.24) is 24.5 Å². The minimum absolute atomic E-state index is 0.143. The molecule has 5 rings (SSSR count). The number of carbonyl (C=O) groups is 1. The highest BCUT2D eigenvalue weighted by Gasteiger charge is 2.26. The number of aromatic nitrogens is 5. The van der Waals surface area contributed by atoms with Crippen LogP contribution >= 0.6 is 0 Å². The van der Waals surface area contributed by atoms with E-state index in [9.17, 15) is 26.7 Å². The van der Waals surface area contributed by atoms with Crippen molar-refractivity contribution in [2.24, 2.45) is 0 Å². The molecule has 0 fully saturated rings. The number of hydrogen-bond acceptors (Lipinski definition) is 5. The number of rotatable bonds is 7. The second kappa shape index (κ2) is 10.2. The Morgan fingerprint density at radius 2 is 1.64 bits per heavy atom. The van der Waals surface area contributed by atoms with E-state index < -0.39 is 47.1 Å². The van der Waals surface area contributed by atoms with E-state index >= 15 is 0 Å². The Hall–Kier alpha value is -4.81. The molecule has 0 spiro atoms. The van der Waals surface area contributed by atoms with Gasteiger partial charge < -0.3 is 10.1 Å². The minimum atomic E-state index is -2.24. The molecule has 1 amide bonds. The molecule has 0 aliphatic rings. The van der Waals surface area contributed by atoms with Gasteiger partial charge in [0.25, 0.3) is 0 Å². The Morgan fingerprint density at radius 1 is 0.974 bits per heavy atom. The highest BCUT2D eigenvalue weighted by molar-refractivity contribution is 5.96. The second-order valence-corrected chi connectivity index (χ2v) is 8.55. The molecule has 2 aromatic carbocycles. The van der Waals surface area contributed by atoms with Gasteiger partial charge in [0.15, 0.2) is 28.9 Å². The van der Waals surface area contributed by atoms with Crippen molar-refractivity contribution < 1.29 is 31.5 Å². The maximum absolute atomic E-state index is 14.0. The zero-order valence-electron chi connectivity index (χ0n) is 20.5. The van der Waals surface area contributed by atoms with Crippen LogP contribution in [0.1, 0.15) is 11.3 Å². The summed E-state index contributed by atoms with van der Waals surface area (Å²) in [6.45, 7) is 0.837. The average Bonchev–Trinajstić information content (AvgIpc) is 3.52. The Labute approximate surface area is 217 Å². The van der Waals surface area contributed by atoms with Crippen LogP contribution in [0.4, 0.5) is 27.6 Å². The van der Waals surface area contributed by atoms with E-state index in [2.05, 4.69) is 20.5 Å². The van der Waals surface area contributed by atoms with Gasteiger partial charge in [-0.05, 0) is 36.2 Å². The molecule has 0 radical (unpaired) electrons. The fourth-order valence-electron chi connectivity index (χ4n) is 4.21. The van der Waals surface area contributed by atoms with Crippen LogP contribution in [0.5, 0.6) is 5.75 Å². The van der Waals surface area contributed by atoms with Gasteiger partial charge in [0.2, 0.25) is 11.7 Å². The molecule has 13 heteroatoms. The Kier molecular flexibility index (Phi) is 6.73. The van der Waals surface area contributed by atoms with Gasteiger partial charge >= 0.3 is 0 Å². The second-order valence-electron chi connectivity index (χ2n) is 8.55. The van der Waals surface area contributed by atoms with Crippen molar-refractivity contribution in [1.29, 1.82) is 0 Å². The summed E-state index contributed by atoms with van der Waals surface area (Å²) in [5.74, 6) is -10.0. The smallest absolute Gasteiger partial charge is 0.246 e. The van der Waals surface area contributed by atoms with Crippen molar-refractivity contribution in [3.63, 3.8) is 0 Å². The summed E-state index contributed by atoms with van der Waals surface area (Å²) in [4.78, 5) is 17.1. The molecule has 1 N–H and O–H groups in total. The number of aryl methyl sites for hydroxylation is 1. The van der Waals surface area contributed by atoms with Crippen LogP contribution in [-0.4, -0.2) is 37.6 Å². The number of nitrogens with one attached hydrogen (secondary N) is 1. The minimum Gasteiger partial charge on any atom is -0.497 e. The van der Waals surface area contributed by atoms with Crippen LogP contribution in [0, 0.1) is 36.0 Å². The van der Waals surface area contributed by atoms with Gasteiger partial charge in [-0.1, -0.05) is 12.1 Å². The van der Waals surface area contributed by atoms with E-state index in [1.807, 2.05) is 30.3 Å². The molecular formula is C26H19F5N6O2. The first-order chi connectivity index (χ1) is 18.7. The van der Waals surface area contributed by atoms with Crippen LogP contribution in [0.3, 0.4) is 0 Å². The largest absolute Gasteiger partial charge is 0.497 e. The van der Waals surface area contributed by atoms with Gasteiger partial charge in [-0.15, -0.1) is 0 Å². The number of carbonyl (C=O) groups excluding carboxylic acids is 1. The fourth-order valence-corrected chi connectivity index (χ4v) is 4.21. The van der Waals surface area contributed by atoms with E-state index in [0.717, 1.165) is 21.2 Å². The monoisotopic (exact) mass is 542 g/mol. The van der Waals surface area contributed by atoms with Gasteiger partial charge in [-0.25, -0.2) is 31.6 Å². The molecule has 0 unspecified atom stereocenters. The van der Waals surface area contributed by atoms with Crippen LogP contribution in [0.2, 0.25) is 0 Å². The summed E-state index contributed by atoms with van der Waals surface area (Å²) in [5, 5.41) is 11.6. The Bertz CT molecular complexity index is 1690. The van der Waals surface area contributed by atoms with E-state index in [4.69, 9.17) is 4.74 Å². The third kappa shape index (κ3) is 4.78. The first-order valence-electron chi connectivity index (χ1n) is 11.5. The number of fused-ring (bicyclic) bond motifs is 1. The van der Waals surface area contributed by atoms with Crippen LogP contribution in [0.25, 0.3) is 22.2 Å². The molecule has 8 nitrogen and oxygen atoms in total. The summed E-state index contributed by atoms with van der Waals surface area (Å²) in [7, 11) is 1.58. The van der Waals surface area contributed by atoms with Gasteiger partial charge in [0, 0.05) is 17.8 Å². The lowest BCUT2D eigenvalue weighted by atomic mass is 10.0. The number of nitrogens with zero attached hydrogens (tertiary/aromatic N) is 5. The molecule has 39 heavy (non-hydrogen) atoms. The third-order valence-corrected chi connectivity index (χ3v) is 6.04. The standard InChI is InChI=1S/C26H19F5N6O2/c1-13-20-17(14-3-5-16(39-2)6-4-14)7-8-32-26(20)37(35-13)12-19(38)34-15-9-33-36(10-15)11-18-21(27)23(29)25(31)24(30)22(18)28/h3-10H,11-12H2,1-2H3,(H,34,38). The molecular weight excluding hydrogens is 523 g/mol. The van der Waals surface area contributed by atoms with Crippen LogP contribution in [-0.2, 0) is 17.9 Å². The summed E-state index contributed by atoms with van der Waals surface area (Å²) in [5.41, 5.74) is 2.02. The van der Waals surface area contributed by atoms with Gasteiger partial charge in [0.1, 0.15) is 12.3 Å². The van der Waals surface area contributed by atoms with E-state index in [0.29, 0.717) is 17.1 Å². The molecule has 0 bridgehead atoms. The van der Waals surface area contributed by atoms with Crippen molar-refractivity contribution in [2.75, 3.05) is 12.4 Å². The van der Waals surface area contributed by atoms with Gasteiger partial charge in [-0.3, -0.25) is 9.48 Å². The summed E-state index contributed by atoms with van der Waals surface area (Å²) >= 11 is 0. The number of amides is 1. The number of benzene rings is 2.